The molecule has 0 aromatic heterocycles. The zero-order valence-electron chi connectivity index (χ0n) is 12.8. The zero-order valence-corrected chi connectivity index (χ0v) is 12.8. The molecule has 5 heteroatoms. The van der Waals surface area contributed by atoms with E-state index in [1.54, 1.807) is 7.11 Å². The van der Waals surface area contributed by atoms with Crippen LogP contribution in [0.15, 0.2) is 29.3 Å². The van der Waals surface area contributed by atoms with E-state index in [1.807, 2.05) is 45.0 Å². The summed E-state index contributed by atoms with van der Waals surface area (Å²) in [5.41, 5.74) is 0. The van der Waals surface area contributed by atoms with E-state index in [0.29, 0.717) is 6.54 Å². The number of benzene rings is 1. The fourth-order valence-electron chi connectivity index (χ4n) is 1.65. The minimum absolute atomic E-state index is 0.00991. The molecule has 1 aromatic carbocycles. The van der Waals surface area contributed by atoms with Crippen LogP contribution in [0.25, 0.3) is 0 Å². The molecule has 1 rings (SSSR count). The smallest absolute Gasteiger partial charge is 0.191 e. The SMILES string of the molecule is CCNC(=NCC(C)Oc1ccc(OC)cc1)NCC. The molecule has 0 spiro atoms. The van der Waals surface area contributed by atoms with Gasteiger partial charge in [-0.1, -0.05) is 0 Å². The Balaban J connectivity index is 2.48. The molecule has 0 fully saturated rings. The molecule has 0 heterocycles. The van der Waals surface area contributed by atoms with Gasteiger partial charge in [0.1, 0.15) is 17.6 Å². The van der Waals surface area contributed by atoms with E-state index < -0.39 is 0 Å². The summed E-state index contributed by atoms with van der Waals surface area (Å²) in [6, 6.07) is 7.56. The maximum atomic E-state index is 5.80. The highest BCUT2D eigenvalue weighted by Gasteiger charge is 2.04. The highest BCUT2D eigenvalue weighted by atomic mass is 16.5. The van der Waals surface area contributed by atoms with Gasteiger partial charge in [0.25, 0.3) is 0 Å². The van der Waals surface area contributed by atoms with Crippen LogP contribution in [-0.4, -0.2) is 38.8 Å². The van der Waals surface area contributed by atoms with Gasteiger partial charge >= 0.3 is 0 Å². The van der Waals surface area contributed by atoms with Crippen molar-refractivity contribution in [1.82, 2.24) is 10.6 Å². The molecule has 0 saturated heterocycles. The highest BCUT2D eigenvalue weighted by molar-refractivity contribution is 5.79. The van der Waals surface area contributed by atoms with Crippen molar-refractivity contribution < 1.29 is 9.47 Å². The molecule has 0 aliphatic rings. The molecule has 0 aliphatic heterocycles. The van der Waals surface area contributed by atoms with Crippen LogP contribution in [0.2, 0.25) is 0 Å². The van der Waals surface area contributed by atoms with Crippen LogP contribution in [-0.2, 0) is 0 Å². The third-order valence-corrected chi connectivity index (χ3v) is 2.59. The second kappa shape index (κ2) is 9.07. The summed E-state index contributed by atoms with van der Waals surface area (Å²) in [5, 5.41) is 6.37. The van der Waals surface area contributed by atoms with Crippen molar-refractivity contribution in [3.8, 4) is 11.5 Å². The minimum atomic E-state index is 0.00991. The molecule has 2 N–H and O–H groups in total. The average Bonchev–Trinajstić information content (AvgIpc) is 2.46. The number of rotatable bonds is 7. The normalized spacial score (nSPS) is 11.4. The molecule has 1 unspecified atom stereocenters. The van der Waals surface area contributed by atoms with E-state index in [9.17, 15) is 0 Å². The Bertz CT molecular complexity index is 396. The Morgan fingerprint density at radius 1 is 1.10 bits per heavy atom. The summed E-state index contributed by atoms with van der Waals surface area (Å²) in [7, 11) is 1.65. The fourth-order valence-corrected chi connectivity index (χ4v) is 1.65. The predicted molar refractivity (Wildman–Crippen MR) is 82.7 cm³/mol. The Labute approximate surface area is 121 Å². The van der Waals surface area contributed by atoms with Crippen molar-refractivity contribution in [2.45, 2.75) is 26.9 Å². The van der Waals surface area contributed by atoms with Crippen LogP contribution in [0, 0.1) is 0 Å². The number of hydrogen-bond acceptors (Lipinski definition) is 3. The Kier molecular flexibility index (Phi) is 7.32. The van der Waals surface area contributed by atoms with Crippen molar-refractivity contribution in [3.05, 3.63) is 24.3 Å². The molecule has 0 aliphatic carbocycles. The number of ether oxygens (including phenoxy) is 2. The Hall–Kier alpha value is -1.91. The summed E-state index contributed by atoms with van der Waals surface area (Å²) in [6.07, 6.45) is 0.00991. The van der Waals surface area contributed by atoms with Crippen molar-refractivity contribution >= 4 is 5.96 Å². The van der Waals surface area contributed by atoms with Crippen molar-refractivity contribution in [2.24, 2.45) is 4.99 Å². The lowest BCUT2D eigenvalue weighted by atomic mass is 10.3. The first-order chi connectivity index (χ1) is 9.69. The first kappa shape index (κ1) is 16.1. The van der Waals surface area contributed by atoms with Gasteiger partial charge in [-0.15, -0.1) is 0 Å². The molecular weight excluding hydrogens is 254 g/mol. The molecule has 112 valence electrons. The Morgan fingerprint density at radius 3 is 2.15 bits per heavy atom. The van der Waals surface area contributed by atoms with Gasteiger partial charge in [-0.25, -0.2) is 4.99 Å². The number of methoxy groups -OCH3 is 1. The maximum Gasteiger partial charge on any atom is 0.191 e. The van der Waals surface area contributed by atoms with Gasteiger partial charge in [-0.3, -0.25) is 0 Å². The topological polar surface area (TPSA) is 54.9 Å². The van der Waals surface area contributed by atoms with Gasteiger partial charge in [0.15, 0.2) is 5.96 Å². The van der Waals surface area contributed by atoms with Crippen LogP contribution in [0.4, 0.5) is 0 Å². The highest BCUT2D eigenvalue weighted by Crippen LogP contribution is 2.18. The number of nitrogens with zero attached hydrogens (tertiary/aromatic N) is 1. The quantitative estimate of drug-likeness (QED) is 0.592. The van der Waals surface area contributed by atoms with Gasteiger partial charge in [0, 0.05) is 13.1 Å². The van der Waals surface area contributed by atoms with E-state index in [2.05, 4.69) is 15.6 Å². The molecular formula is C15H25N3O2. The average molecular weight is 279 g/mol. The summed E-state index contributed by atoms with van der Waals surface area (Å²) in [5.74, 6) is 2.46. The maximum absolute atomic E-state index is 5.80. The van der Waals surface area contributed by atoms with Gasteiger partial charge in [-0.2, -0.15) is 0 Å². The molecule has 0 radical (unpaired) electrons. The van der Waals surface area contributed by atoms with Crippen LogP contribution in [0.5, 0.6) is 11.5 Å². The van der Waals surface area contributed by atoms with Crippen LogP contribution >= 0.6 is 0 Å². The first-order valence-corrected chi connectivity index (χ1v) is 7.02. The van der Waals surface area contributed by atoms with E-state index in [0.717, 1.165) is 30.5 Å². The summed E-state index contributed by atoms with van der Waals surface area (Å²) in [4.78, 5) is 4.48. The zero-order chi connectivity index (χ0) is 14.8. The van der Waals surface area contributed by atoms with Crippen LogP contribution < -0.4 is 20.1 Å². The number of aliphatic imine (C=N–C) groups is 1. The van der Waals surface area contributed by atoms with E-state index in [-0.39, 0.29) is 6.10 Å². The third-order valence-electron chi connectivity index (χ3n) is 2.59. The van der Waals surface area contributed by atoms with E-state index in [4.69, 9.17) is 9.47 Å². The second-order valence-electron chi connectivity index (χ2n) is 4.35. The first-order valence-electron chi connectivity index (χ1n) is 7.02. The monoisotopic (exact) mass is 279 g/mol. The van der Waals surface area contributed by atoms with Crippen LogP contribution in [0.1, 0.15) is 20.8 Å². The number of guanidine groups is 1. The van der Waals surface area contributed by atoms with E-state index >= 15 is 0 Å². The predicted octanol–water partition coefficient (Wildman–Crippen LogP) is 2.04. The van der Waals surface area contributed by atoms with E-state index in [1.165, 1.54) is 0 Å². The number of nitrogens with one attached hydrogen (secondary N) is 2. The van der Waals surface area contributed by atoms with Gasteiger partial charge in [0.2, 0.25) is 0 Å². The summed E-state index contributed by atoms with van der Waals surface area (Å²) in [6.45, 7) is 8.39. The number of hydrogen-bond donors (Lipinski definition) is 2. The molecule has 0 bridgehead atoms. The minimum Gasteiger partial charge on any atom is -0.497 e. The molecule has 1 aromatic rings. The third kappa shape index (κ3) is 5.82. The lowest BCUT2D eigenvalue weighted by molar-refractivity contribution is 0.230. The molecule has 20 heavy (non-hydrogen) atoms. The molecule has 0 amide bonds. The largest absolute Gasteiger partial charge is 0.497 e. The lowest BCUT2D eigenvalue weighted by Crippen LogP contribution is -2.37. The Morgan fingerprint density at radius 2 is 1.65 bits per heavy atom. The lowest BCUT2D eigenvalue weighted by Gasteiger charge is -2.14. The van der Waals surface area contributed by atoms with Crippen molar-refractivity contribution in [3.63, 3.8) is 0 Å². The van der Waals surface area contributed by atoms with Gasteiger partial charge in [0.05, 0.1) is 13.7 Å². The van der Waals surface area contributed by atoms with Crippen molar-refractivity contribution in [2.75, 3.05) is 26.7 Å². The second-order valence-corrected chi connectivity index (χ2v) is 4.35. The summed E-state index contributed by atoms with van der Waals surface area (Å²) >= 11 is 0. The van der Waals surface area contributed by atoms with Gasteiger partial charge < -0.3 is 20.1 Å². The van der Waals surface area contributed by atoms with Gasteiger partial charge in [-0.05, 0) is 45.0 Å². The molecule has 1 atom stereocenters. The van der Waals surface area contributed by atoms with Crippen molar-refractivity contribution in [1.29, 1.82) is 0 Å². The fraction of sp³-hybridized carbons (Fsp3) is 0.533. The van der Waals surface area contributed by atoms with Crippen LogP contribution in [0.3, 0.4) is 0 Å². The standard InChI is InChI=1S/C15H25N3O2/c1-5-16-15(17-6-2)18-11-12(3)20-14-9-7-13(19-4)8-10-14/h7-10,12H,5-6,11H2,1-4H3,(H2,16,17,18). The summed E-state index contributed by atoms with van der Waals surface area (Å²) < 4.78 is 10.9. The molecule has 5 nitrogen and oxygen atoms in total. The molecule has 0 saturated carbocycles.